The Bertz CT molecular complexity index is 389. The van der Waals surface area contributed by atoms with Gasteiger partial charge in [-0.05, 0) is 25.0 Å². The predicted octanol–water partition coefficient (Wildman–Crippen LogP) is 3.01. The fraction of sp³-hybridized carbons (Fsp3) is 0.462. The first-order valence-electron chi connectivity index (χ1n) is 6.01. The second kappa shape index (κ2) is 6.05. The van der Waals surface area contributed by atoms with Gasteiger partial charge in [-0.1, -0.05) is 28.1 Å². The van der Waals surface area contributed by atoms with Gasteiger partial charge in [-0.25, -0.2) is 0 Å². The summed E-state index contributed by atoms with van der Waals surface area (Å²) in [5.74, 6) is 0.0634. The normalized spacial score (nSPS) is 15.0. The number of hydrogen-bond acceptors (Lipinski definition) is 2. The van der Waals surface area contributed by atoms with E-state index in [1.54, 1.807) is 0 Å². The average molecular weight is 297 g/mol. The summed E-state index contributed by atoms with van der Waals surface area (Å²) in [7, 11) is 0. The molecule has 0 aliphatic carbocycles. The molecule has 92 valence electrons. The van der Waals surface area contributed by atoms with Gasteiger partial charge >= 0.3 is 0 Å². The topological polar surface area (TPSA) is 32.3 Å². The molecule has 1 amide bonds. The molecule has 1 aliphatic heterocycles. The van der Waals surface area contributed by atoms with E-state index < -0.39 is 0 Å². The third-order valence-corrected chi connectivity index (χ3v) is 3.34. The number of anilines is 2. The second-order valence-electron chi connectivity index (χ2n) is 4.20. The first-order valence-corrected chi connectivity index (χ1v) is 7.13. The van der Waals surface area contributed by atoms with Crippen LogP contribution in [0.15, 0.2) is 24.3 Å². The van der Waals surface area contributed by atoms with Gasteiger partial charge < -0.3 is 10.2 Å². The van der Waals surface area contributed by atoms with Gasteiger partial charge in [-0.15, -0.1) is 0 Å². The van der Waals surface area contributed by atoms with Crippen LogP contribution in [0.3, 0.4) is 0 Å². The molecular formula is C13H17BrN2O. The first kappa shape index (κ1) is 12.4. The summed E-state index contributed by atoms with van der Waals surface area (Å²) >= 11 is 3.28. The fourth-order valence-corrected chi connectivity index (χ4v) is 2.47. The average Bonchev–Trinajstić information content (AvgIpc) is 2.83. The van der Waals surface area contributed by atoms with Gasteiger partial charge in [0.1, 0.15) is 0 Å². The number of benzene rings is 1. The van der Waals surface area contributed by atoms with Gasteiger partial charge in [0.05, 0.1) is 11.4 Å². The summed E-state index contributed by atoms with van der Waals surface area (Å²) < 4.78 is 0. The molecule has 1 saturated heterocycles. The third-order valence-electron chi connectivity index (χ3n) is 2.95. The van der Waals surface area contributed by atoms with Crippen LogP contribution in [0.25, 0.3) is 0 Å². The van der Waals surface area contributed by atoms with Crippen molar-refractivity contribution in [2.45, 2.75) is 19.3 Å². The Morgan fingerprint density at radius 2 is 2.00 bits per heavy atom. The van der Waals surface area contributed by atoms with Crippen LogP contribution in [0.5, 0.6) is 0 Å². The molecule has 0 unspecified atom stereocenters. The highest BCUT2D eigenvalue weighted by molar-refractivity contribution is 9.09. The maximum Gasteiger partial charge on any atom is 0.225 e. The van der Waals surface area contributed by atoms with Crippen molar-refractivity contribution in [2.75, 3.05) is 28.6 Å². The number of carbonyl (C=O) groups is 1. The number of nitrogens with one attached hydrogen (secondary N) is 1. The standard InChI is InChI=1S/C13H17BrN2O/c14-8-7-13(17)15-11-5-1-2-6-12(11)16-9-3-4-10-16/h1-2,5-6H,3-4,7-10H2,(H,15,17). The zero-order valence-corrected chi connectivity index (χ0v) is 11.4. The molecule has 1 aromatic carbocycles. The van der Waals surface area contributed by atoms with Gasteiger partial charge in [-0.3, -0.25) is 4.79 Å². The van der Waals surface area contributed by atoms with Gasteiger partial charge in [-0.2, -0.15) is 0 Å². The van der Waals surface area contributed by atoms with E-state index in [1.807, 2.05) is 18.2 Å². The van der Waals surface area contributed by atoms with E-state index in [-0.39, 0.29) is 5.91 Å². The lowest BCUT2D eigenvalue weighted by Crippen LogP contribution is -2.21. The van der Waals surface area contributed by atoms with Crippen LogP contribution in [-0.2, 0) is 4.79 Å². The van der Waals surface area contributed by atoms with Crippen LogP contribution >= 0.6 is 15.9 Å². The van der Waals surface area contributed by atoms with E-state index in [2.05, 4.69) is 32.2 Å². The Kier molecular flexibility index (Phi) is 4.42. The van der Waals surface area contributed by atoms with Crippen LogP contribution in [0, 0.1) is 0 Å². The minimum Gasteiger partial charge on any atom is -0.370 e. The van der Waals surface area contributed by atoms with E-state index in [9.17, 15) is 4.79 Å². The number of carbonyl (C=O) groups excluding carboxylic acids is 1. The predicted molar refractivity (Wildman–Crippen MR) is 74.9 cm³/mol. The fourth-order valence-electron chi connectivity index (χ4n) is 2.11. The number of amides is 1. The van der Waals surface area contributed by atoms with Crippen molar-refractivity contribution in [3.05, 3.63) is 24.3 Å². The van der Waals surface area contributed by atoms with Crippen molar-refractivity contribution in [1.29, 1.82) is 0 Å². The number of hydrogen-bond donors (Lipinski definition) is 1. The molecule has 0 spiro atoms. The molecule has 0 saturated carbocycles. The Morgan fingerprint density at radius 3 is 2.71 bits per heavy atom. The summed E-state index contributed by atoms with van der Waals surface area (Å²) in [6.45, 7) is 2.18. The summed E-state index contributed by atoms with van der Waals surface area (Å²) in [5, 5.41) is 3.68. The Hall–Kier alpha value is -1.03. The summed E-state index contributed by atoms with van der Waals surface area (Å²) in [6, 6.07) is 8.03. The molecule has 4 heteroatoms. The Balaban J connectivity index is 2.12. The molecule has 3 nitrogen and oxygen atoms in total. The second-order valence-corrected chi connectivity index (χ2v) is 4.99. The van der Waals surface area contributed by atoms with Gasteiger partial charge in [0, 0.05) is 24.8 Å². The number of rotatable bonds is 4. The Morgan fingerprint density at radius 1 is 1.29 bits per heavy atom. The summed E-state index contributed by atoms with van der Waals surface area (Å²) in [5.41, 5.74) is 2.08. The highest BCUT2D eigenvalue weighted by atomic mass is 79.9. The molecule has 2 rings (SSSR count). The van der Waals surface area contributed by atoms with Crippen molar-refractivity contribution < 1.29 is 4.79 Å². The molecule has 1 heterocycles. The van der Waals surface area contributed by atoms with Crippen molar-refractivity contribution in [3.8, 4) is 0 Å². The van der Waals surface area contributed by atoms with Crippen LogP contribution in [0.1, 0.15) is 19.3 Å². The van der Waals surface area contributed by atoms with Crippen LogP contribution < -0.4 is 10.2 Å². The van der Waals surface area contributed by atoms with Crippen LogP contribution in [-0.4, -0.2) is 24.3 Å². The third kappa shape index (κ3) is 3.22. The molecule has 1 aromatic rings. The quantitative estimate of drug-likeness (QED) is 0.866. The van der Waals surface area contributed by atoms with E-state index in [4.69, 9.17) is 0 Å². The molecule has 0 aromatic heterocycles. The highest BCUT2D eigenvalue weighted by Gasteiger charge is 2.16. The summed E-state index contributed by atoms with van der Waals surface area (Å²) in [6.07, 6.45) is 2.99. The molecule has 0 radical (unpaired) electrons. The zero-order valence-electron chi connectivity index (χ0n) is 9.79. The van der Waals surface area contributed by atoms with Gasteiger partial charge in [0.2, 0.25) is 5.91 Å². The van der Waals surface area contributed by atoms with E-state index >= 15 is 0 Å². The molecular weight excluding hydrogens is 280 g/mol. The van der Waals surface area contributed by atoms with Crippen molar-refractivity contribution in [3.63, 3.8) is 0 Å². The Labute approximate surface area is 110 Å². The van der Waals surface area contributed by atoms with E-state index in [0.29, 0.717) is 11.8 Å². The molecule has 1 aliphatic rings. The SMILES string of the molecule is O=C(CCBr)Nc1ccccc1N1CCCC1. The minimum atomic E-state index is 0.0634. The van der Waals surface area contributed by atoms with Crippen molar-refractivity contribution in [2.24, 2.45) is 0 Å². The van der Waals surface area contributed by atoms with E-state index in [0.717, 1.165) is 24.5 Å². The number of nitrogens with zero attached hydrogens (tertiary/aromatic N) is 1. The van der Waals surface area contributed by atoms with Gasteiger partial charge in [0.15, 0.2) is 0 Å². The van der Waals surface area contributed by atoms with Crippen LogP contribution in [0.2, 0.25) is 0 Å². The van der Waals surface area contributed by atoms with E-state index in [1.165, 1.54) is 12.8 Å². The molecule has 0 bridgehead atoms. The minimum absolute atomic E-state index is 0.0634. The smallest absolute Gasteiger partial charge is 0.225 e. The maximum atomic E-state index is 11.6. The van der Waals surface area contributed by atoms with Gasteiger partial charge in [0.25, 0.3) is 0 Å². The maximum absolute atomic E-state index is 11.6. The molecule has 17 heavy (non-hydrogen) atoms. The molecule has 1 N–H and O–H groups in total. The lowest BCUT2D eigenvalue weighted by atomic mass is 10.2. The summed E-state index contributed by atoms with van der Waals surface area (Å²) in [4.78, 5) is 14.0. The first-order chi connectivity index (χ1) is 8.31. The number of alkyl halides is 1. The number of para-hydroxylation sites is 2. The largest absolute Gasteiger partial charge is 0.370 e. The molecule has 1 fully saturated rings. The lowest BCUT2D eigenvalue weighted by Gasteiger charge is -2.21. The highest BCUT2D eigenvalue weighted by Crippen LogP contribution is 2.28. The van der Waals surface area contributed by atoms with Crippen molar-refractivity contribution in [1.82, 2.24) is 0 Å². The van der Waals surface area contributed by atoms with Crippen molar-refractivity contribution >= 4 is 33.2 Å². The van der Waals surface area contributed by atoms with Crippen LogP contribution in [0.4, 0.5) is 11.4 Å². The lowest BCUT2D eigenvalue weighted by molar-refractivity contribution is -0.115. The monoisotopic (exact) mass is 296 g/mol. The zero-order chi connectivity index (χ0) is 12.1. The number of halogens is 1. The molecule has 0 atom stereocenters.